The number of carbonyl (C=O) groups is 1. The van der Waals surface area contributed by atoms with Crippen LogP contribution in [0.25, 0.3) is 10.2 Å². The minimum Gasteiger partial charge on any atom is -0.493 e. The van der Waals surface area contributed by atoms with Gasteiger partial charge in [-0.25, -0.2) is 0 Å². The Morgan fingerprint density at radius 3 is 2.40 bits per heavy atom. The number of fused-ring (bicyclic) bond motifs is 1. The highest BCUT2D eigenvalue weighted by Crippen LogP contribution is 2.33. The molecule has 1 aromatic heterocycles. The van der Waals surface area contributed by atoms with Gasteiger partial charge in [0.05, 0.1) is 31.0 Å². The summed E-state index contributed by atoms with van der Waals surface area (Å²) in [6.45, 7) is 9.35. The van der Waals surface area contributed by atoms with Crippen LogP contribution in [0.2, 0.25) is 0 Å². The van der Waals surface area contributed by atoms with E-state index >= 15 is 0 Å². The molecule has 25 heavy (non-hydrogen) atoms. The lowest BCUT2D eigenvalue weighted by Crippen LogP contribution is -2.24. The number of benzene rings is 1. The van der Waals surface area contributed by atoms with Crippen LogP contribution in [0.3, 0.4) is 0 Å². The smallest absolute Gasteiger partial charge is 0.253 e. The molecule has 1 aromatic carbocycles. The molecular weight excluding hydrogens is 340 g/mol. The highest BCUT2D eigenvalue weighted by Gasteiger charge is 2.21. The van der Waals surface area contributed by atoms with Crippen molar-refractivity contribution in [3.63, 3.8) is 0 Å². The number of nitrogens with zero attached hydrogens (tertiary/aromatic N) is 2. The van der Waals surface area contributed by atoms with E-state index in [4.69, 9.17) is 14.2 Å². The van der Waals surface area contributed by atoms with Gasteiger partial charge in [-0.15, -0.1) is 0 Å². The van der Waals surface area contributed by atoms with Crippen molar-refractivity contribution >= 4 is 27.5 Å². The third-order valence-electron chi connectivity index (χ3n) is 3.69. The zero-order valence-corrected chi connectivity index (χ0v) is 16.5. The monoisotopic (exact) mass is 366 g/mol. The van der Waals surface area contributed by atoms with Gasteiger partial charge in [-0.3, -0.25) is 4.79 Å². The van der Waals surface area contributed by atoms with Crippen molar-refractivity contribution in [3.8, 4) is 11.5 Å². The normalized spacial score (nSPS) is 12.6. The van der Waals surface area contributed by atoms with Gasteiger partial charge in [0.25, 0.3) is 5.91 Å². The lowest BCUT2D eigenvalue weighted by atomic mass is 9.96. The second-order valence-electron chi connectivity index (χ2n) is 6.58. The second kappa shape index (κ2) is 8.01. The summed E-state index contributed by atoms with van der Waals surface area (Å²) in [6, 6.07) is 3.83. The molecule has 2 rings (SSSR count). The van der Waals surface area contributed by atoms with Gasteiger partial charge in [0.1, 0.15) is 0 Å². The maximum atomic E-state index is 12.4. The maximum absolute atomic E-state index is 12.4. The van der Waals surface area contributed by atoms with E-state index in [9.17, 15) is 4.79 Å². The molecule has 1 amide bonds. The number of carbonyl (C=O) groups excluding carboxylic acids is 1. The van der Waals surface area contributed by atoms with Gasteiger partial charge < -0.3 is 18.8 Å². The number of hydrogen-bond acceptors (Lipinski definition) is 5. The summed E-state index contributed by atoms with van der Waals surface area (Å²) in [6.07, 6.45) is 0. The van der Waals surface area contributed by atoms with Gasteiger partial charge in [-0.05, 0) is 6.92 Å². The van der Waals surface area contributed by atoms with Crippen LogP contribution in [0, 0.1) is 5.41 Å². The van der Waals surface area contributed by atoms with Crippen molar-refractivity contribution in [3.05, 3.63) is 16.9 Å². The molecule has 0 aliphatic heterocycles. The second-order valence-corrected chi connectivity index (χ2v) is 7.58. The van der Waals surface area contributed by atoms with Crippen molar-refractivity contribution in [1.82, 2.24) is 4.57 Å². The predicted octanol–water partition coefficient (Wildman–Crippen LogP) is 3.23. The molecule has 0 unspecified atom stereocenters. The van der Waals surface area contributed by atoms with Crippen molar-refractivity contribution < 1.29 is 19.0 Å². The SMILES string of the molecule is CCOCCn1c(=NC(=O)C(C)(C)C)sc2cc(OC)c(OC)cc21. The minimum absolute atomic E-state index is 0.150. The Labute approximate surface area is 152 Å². The quantitative estimate of drug-likeness (QED) is 0.737. The van der Waals surface area contributed by atoms with Crippen LogP contribution in [0.4, 0.5) is 0 Å². The minimum atomic E-state index is -0.525. The first-order chi connectivity index (χ1) is 11.8. The lowest BCUT2D eigenvalue weighted by molar-refractivity contribution is -0.125. The van der Waals surface area contributed by atoms with E-state index in [-0.39, 0.29) is 5.91 Å². The molecule has 0 saturated carbocycles. The van der Waals surface area contributed by atoms with Crippen LogP contribution in [0.15, 0.2) is 17.1 Å². The predicted molar refractivity (Wildman–Crippen MR) is 99.4 cm³/mol. The van der Waals surface area contributed by atoms with E-state index in [0.717, 1.165) is 10.2 Å². The van der Waals surface area contributed by atoms with E-state index in [1.807, 2.05) is 44.4 Å². The van der Waals surface area contributed by atoms with Crippen LogP contribution < -0.4 is 14.3 Å². The van der Waals surface area contributed by atoms with E-state index in [0.29, 0.717) is 36.1 Å². The first-order valence-electron chi connectivity index (χ1n) is 8.24. The molecule has 0 aliphatic rings. The molecule has 0 atom stereocenters. The Balaban J connectivity index is 2.64. The number of amides is 1. The summed E-state index contributed by atoms with van der Waals surface area (Å²) >= 11 is 1.46. The molecule has 0 bridgehead atoms. The molecule has 0 fully saturated rings. The van der Waals surface area contributed by atoms with Gasteiger partial charge in [0.15, 0.2) is 16.3 Å². The van der Waals surface area contributed by atoms with Crippen LogP contribution >= 0.6 is 11.3 Å². The Morgan fingerprint density at radius 2 is 1.84 bits per heavy atom. The maximum Gasteiger partial charge on any atom is 0.253 e. The number of ether oxygens (including phenoxy) is 3. The fraction of sp³-hybridized carbons (Fsp3) is 0.556. The Morgan fingerprint density at radius 1 is 1.20 bits per heavy atom. The molecule has 0 saturated heterocycles. The van der Waals surface area contributed by atoms with Crippen LogP contribution in [0.5, 0.6) is 11.5 Å². The van der Waals surface area contributed by atoms with Crippen LogP contribution in [-0.2, 0) is 16.1 Å². The summed E-state index contributed by atoms with van der Waals surface area (Å²) in [5.74, 6) is 1.15. The molecule has 0 radical (unpaired) electrons. The summed E-state index contributed by atoms with van der Waals surface area (Å²) in [5.41, 5.74) is 0.423. The summed E-state index contributed by atoms with van der Waals surface area (Å²) in [7, 11) is 3.21. The van der Waals surface area contributed by atoms with Gasteiger partial charge in [0, 0.05) is 30.7 Å². The molecule has 138 valence electrons. The van der Waals surface area contributed by atoms with Crippen LogP contribution in [-0.4, -0.2) is 37.9 Å². The third-order valence-corrected chi connectivity index (χ3v) is 4.73. The van der Waals surface area contributed by atoms with E-state index in [1.54, 1.807) is 14.2 Å². The standard InChI is InChI=1S/C18H26N2O4S/c1-7-24-9-8-20-12-10-13(22-5)14(23-6)11-15(12)25-17(20)19-16(21)18(2,3)4/h10-11H,7-9H2,1-6H3. The largest absolute Gasteiger partial charge is 0.493 e. The zero-order valence-electron chi connectivity index (χ0n) is 15.7. The molecule has 1 heterocycles. The average Bonchev–Trinajstić information content (AvgIpc) is 2.89. The highest BCUT2D eigenvalue weighted by atomic mass is 32.1. The number of methoxy groups -OCH3 is 2. The fourth-order valence-electron chi connectivity index (χ4n) is 2.25. The van der Waals surface area contributed by atoms with Gasteiger partial charge in [-0.2, -0.15) is 4.99 Å². The number of aromatic nitrogens is 1. The first kappa shape index (κ1) is 19.5. The Bertz CT molecular complexity index is 815. The molecule has 2 aromatic rings. The Hall–Kier alpha value is -1.86. The van der Waals surface area contributed by atoms with Crippen molar-refractivity contribution in [2.45, 2.75) is 34.2 Å². The molecule has 6 nitrogen and oxygen atoms in total. The molecular formula is C18H26N2O4S. The van der Waals surface area contributed by atoms with Crippen molar-refractivity contribution in [1.29, 1.82) is 0 Å². The third kappa shape index (κ3) is 4.41. The van der Waals surface area contributed by atoms with Crippen molar-refractivity contribution in [2.75, 3.05) is 27.4 Å². The topological polar surface area (TPSA) is 62.1 Å². The summed E-state index contributed by atoms with van der Waals surface area (Å²) < 4.78 is 19.3. The van der Waals surface area contributed by atoms with E-state index in [1.165, 1.54) is 11.3 Å². The Kier molecular flexibility index (Phi) is 6.24. The number of hydrogen-bond donors (Lipinski definition) is 0. The molecule has 7 heteroatoms. The molecule has 0 aliphatic carbocycles. The highest BCUT2D eigenvalue weighted by molar-refractivity contribution is 7.16. The lowest BCUT2D eigenvalue weighted by Gasteiger charge is -2.12. The number of rotatable bonds is 6. The molecule has 0 N–H and O–H groups in total. The van der Waals surface area contributed by atoms with Crippen molar-refractivity contribution in [2.24, 2.45) is 10.4 Å². The zero-order chi connectivity index (χ0) is 18.6. The fourth-order valence-corrected chi connectivity index (χ4v) is 3.32. The van der Waals surface area contributed by atoms with Crippen LogP contribution in [0.1, 0.15) is 27.7 Å². The molecule has 0 spiro atoms. The van der Waals surface area contributed by atoms with Gasteiger partial charge in [-0.1, -0.05) is 32.1 Å². The number of thiazole rings is 1. The van der Waals surface area contributed by atoms with Gasteiger partial charge in [0.2, 0.25) is 0 Å². The summed E-state index contributed by atoms with van der Waals surface area (Å²) in [5, 5.41) is 0. The first-order valence-corrected chi connectivity index (χ1v) is 9.05. The van der Waals surface area contributed by atoms with E-state index in [2.05, 4.69) is 4.99 Å². The van der Waals surface area contributed by atoms with Gasteiger partial charge >= 0.3 is 0 Å². The van der Waals surface area contributed by atoms with E-state index < -0.39 is 5.41 Å². The summed E-state index contributed by atoms with van der Waals surface area (Å²) in [4.78, 5) is 17.4. The average molecular weight is 366 g/mol.